The van der Waals surface area contributed by atoms with Crippen LogP contribution < -0.4 is 9.47 Å². The topological polar surface area (TPSA) is 169 Å². The molecule has 57 heavy (non-hydrogen) atoms. The number of carbonyl (C=O) groups is 4. The molecule has 12 nitrogen and oxygen atoms in total. The van der Waals surface area contributed by atoms with Crippen LogP contribution in [0, 0.1) is 0 Å². The van der Waals surface area contributed by atoms with Crippen LogP contribution in [-0.4, -0.2) is 94.8 Å². The molecule has 5 atom stereocenters. The van der Waals surface area contributed by atoms with Gasteiger partial charge in [-0.3, -0.25) is 9.59 Å². The second-order valence-corrected chi connectivity index (χ2v) is 15.8. The third-order valence-electron chi connectivity index (χ3n) is 11.9. The lowest BCUT2D eigenvalue weighted by atomic mass is 9.50. The van der Waals surface area contributed by atoms with Crippen molar-refractivity contribution in [3.05, 3.63) is 35.1 Å². The van der Waals surface area contributed by atoms with E-state index in [1.165, 1.54) is 70.6 Å². The monoisotopic (exact) mass is 811 g/mol. The van der Waals surface area contributed by atoms with Gasteiger partial charge in [0.25, 0.3) is 0 Å². The van der Waals surface area contributed by atoms with Gasteiger partial charge in [-0.15, -0.1) is 0 Å². The van der Waals surface area contributed by atoms with E-state index in [-0.39, 0.29) is 24.6 Å². The quantitative estimate of drug-likeness (QED) is 0.0769. The van der Waals surface area contributed by atoms with E-state index in [9.17, 15) is 37.8 Å². The number of carboxylic acid groups (broad SMARTS) is 2. The summed E-state index contributed by atoms with van der Waals surface area (Å²) in [6, 6.07) is 3.71. The number of rotatable bonds is 22. The number of piperidine rings is 1. The molecule has 1 aromatic rings. The number of hydrogen-bond acceptors (Lipinski definition) is 10. The first-order valence-corrected chi connectivity index (χ1v) is 20.5. The van der Waals surface area contributed by atoms with Crippen molar-refractivity contribution in [1.29, 1.82) is 0 Å². The summed E-state index contributed by atoms with van der Waals surface area (Å²) in [5.41, 5.74) is -0.0925. The van der Waals surface area contributed by atoms with E-state index in [0.717, 1.165) is 30.4 Å². The van der Waals surface area contributed by atoms with Crippen LogP contribution in [0.2, 0.25) is 0 Å². The maximum absolute atomic E-state index is 13.5. The predicted octanol–water partition coefficient (Wildman–Crippen LogP) is 7.80. The molecule has 1 spiro atoms. The molecule has 0 unspecified atom stereocenters. The fourth-order valence-corrected chi connectivity index (χ4v) is 8.96. The molecular weight excluding hydrogens is 751 g/mol. The summed E-state index contributed by atoms with van der Waals surface area (Å²) in [4.78, 5) is 49.0. The Morgan fingerprint density at radius 3 is 2.02 bits per heavy atom. The molecule has 0 saturated carbocycles. The normalized spacial score (nSPS) is 23.5. The van der Waals surface area contributed by atoms with Gasteiger partial charge >= 0.3 is 30.1 Å². The lowest BCUT2D eigenvalue weighted by Crippen LogP contribution is -2.74. The molecule has 15 heteroatoms. The van der Waals surface area contributed by atoms with Crippen molar-refractivity contribution in [2.45, 2.75) is 171 Å². The summed E-state index contributed by atoms with van der Waals surface area (Å²) < 4.78 is 55.2. The van der Waals surface area contributed by atoms with E-state index in [0.29, 0.717) is 37.3 Å². The van der Waals surface area contributed by atoms with Crippen LogP contribution in [-0.2, 0) is 40.5 Å². The van der Waals surface area contributed by atoms with E-state index in [1.807, 2.05) is 19.2 Å². The lowest BCUT2D eigenvalue weighted by Gasteiger charge is -2.61. The molecular formula is C42H60F3NO11. The van der Waals surface area contributed by atoms with E-state index in [1.54, 1.807) is 13.2 Å². The average molecular weight is 812 g/mol. The lowest BCUT2D eigenvalue weighted by molar-refractivity contribution is -0.192. The third-order valence-corrected chi connectivity index (χ3v) is 11.9. The molecule has 0 amide bonds. The molecule has 1 fully saturated rings. The number of esters is 2. The number of ether oxygens (including phenoxy) is 4. The number of hydrogen-bond donors (Lipinski definition) is 3. The van der Waals surface area contributed by atoms with Gasteiger partial charge in [-0.05, 0) is 50.6 Å². The Hall–Kier alpha value is -3.85. The number of likely N-dealkylation sites (tertiary alicyclic amines) is 1. The van der Waals surface area contributed by atoms with E-state index < -0.39 is 59.7 Å². The first-order chi connectivity index (χ1) is 27.1. The van der Waals surface area contributed by atoms with Crippen molar-refractivity contribution in [1.82, 2.24) is 4.90 Å². The number of likely N-dealkylation sites (N-methyl/N-ethyl adjacent to an activating group) is 1. The summed E-state index contributed by atoms with van der Waals surface area (Å²) in [6.07, 6.45) is 13.2. The zero-order valence-corrected chi connectivity index (χ0v) is 33.5. The second-order valence-electron chi connectivity index (χ2n) is 15.8. The van der Waals surface area contributed by atoms with Gasteiger partial charge in [-0.25, -0.2) is 9.59 Å². The molecule has 2 aliphatic heterocycles. The Labute approximate surface area is 333 Å². The van der Waals surface area contributed by atoms with Crippen molar-refractivity contribution in [2.75, 3.05) is 20.7 Å². The fourth-order valence-electron chi connectivity index (χ4n) is 8.96. The Bertz CT molecular complexity index is 1580. The van der Waals surface area contributed by atoms with Crippen LogP contribution in [0.25, 0.3) is 0 Å². The zero-order valence-electron chi connectivity index (χ0n) is 33.5. The predicted molar refractivity (Wildman–Crippen MR) is 203 cm³/mol. The second kappa shape index (κ2) is 20.7. The van der Waals surface area contributed by atoms with E-state index in [2.05, 4.69) is 11.8 Å². The number of alkyl halides is 3. The molecule has 0 aromatic heterocycles. The van der Waals surface area contributed by atoms with E-state index in [4.69, 9.17) is 28.8 Å². The maximum atomic E-state index is 13.5. The first kappa shape index (κ1) is 45.8. The Balaban J connectivity index is 0.000000940. The molecule has 2 bridgehead atoms. The summed E-state index contributed by atoms with van der Waals surface area (Å²) in [6.45, 7) is 2.96. The van der Waals surface area contributed by atoms with Gasteiger partial charge in [0.1, 0.15) is 5.76 Å². The van der Waals surface area contributed by atoms with Crippen molar-refractivity contribution in [2.24, 2.45) is 0 Å². The van der Waals surface area contributed by atoms with Crippen molar-refractivity contribution >= 4 is 23.9 Å². The minimum atomic E-state index is -5.08. The number of carboxylic acids is 2. The maximum Gasteiger partial charge on any atom is 0.490 e. The molecule has 320 valence electrons. The zero-order chi connectivity index (χ0) is 41.8. The highest BCUT2D eigenvalue weighted by molar-refractivity contribution is 5.84. The largest absolute Gasteiger partial charge is 0.493 e. The summed E-state index contributed by atoms with van der Waals surface area (Å²) in [5.74, 6) is -4.33. The molecule has 3 N–H and O–H groups in total. The van der Waals surface area contributed by atoms with Gasteiger partial charge in [0.15, 0.2) is 17.6 Å². The van der Waals surface area contributed by atoms with Gasteiger partial charge < -0.3 is 39.2 Å². The molecule has 5 rings (SSSR count). The Kier molecular flexibility index (Phi) is 16.7. The van der Waals surface area contributed by atoms with Crippen LogP contribution in [0.5, 0.6) is 11.5 Å². The van der Waals surface area contributed by atoms with Gasteiger partial charge in [0.2, 0.25) is 6.10 Å². The smallest absolute Gasteiger partial charge is 0.490 e. The van der Waals surface area contributed by atoms with Crippen molar-refractivity contribution in [3.63, 3.8) is 0 Å². The van der Waals surface area contributed by atoms with Crippen LogP contribution in [0.1, 0.15) is 140 Å². The SMILES string of the molecule is CCCCCCCCCCCCCCCCCC(=O)O[C@@H](CC(=O)O)C(=O)OC1=CC[C@@]2(O)[C@H]3Cc4ccc(OC)c5c4[C@@]2(CCN3C)[C@H]1O5.O=C(O)C(F)(F)F. The van der Waals surface area contributed by atoms with Gasteiger partial charge in [0, 0.05) is 24.4 Å². The van der Waals surface area contributed by atoms with Crippen molar-refractivity contribution < 1.29 is 66.6 Å². The van der Waals surface area contributed by atoms with Crippen LogP contribution >= 0.6 is 0 Å². The molecule has 0 radical (unpaired) electrons. The average Bonchev–Trinajstić information content (AvgIpc) is 3.51. The van der Waals surface area contributed by atoms with Gasteiger partial charge in [0.05, 0.1) is 24.5 Å². The molecule has 2 aliphatic carbocycles. The Morgan fingerprint density at radius 2 is 1.49 bits per heavy atom. The van der Waals surface area contributed by atoms with E-state index >= 15 is 0 Å². The van der Waals surface area contributed by atoms with Crippen molar-refractivity contribution in [3.8, 4) is 11.5 Å². The number of aliphatic hydroxyl groups is 1. The number of unbranched alkanes of at least 4 members (excludes halogenated alkanes) is 14. The first-order valence-electron chi connectivity index (χ1n) is 20.5. The third kappa shape index (κ3) is 11.0. The van der Waals surface area contributed by atoms with Crippen LogP contribution in [0.4, 0.5) is 13.2 Å². The number of halogens is 3. The number of carbonyl (C=O) groups excluding carboxylic acids is 2. The number of nitrogens with zero attached hydrogens (tertiary/aromatic N) is 1. The highest BCUT2D eigenvalue weighted by Gasteiger charge is 2.72. The van der Waals surface area contributed by atoms with Gasteiger partial charge in [-0.1, -0.05) is 103 Å². The standard InChI is InChI=1S/C40H59NO9.C2HF3O2/c1-4-5-6-7-8-9-10-11-12-13-14-15-16-17-18-19-34(44)48-31(27-33(42)43)38(45)49-30-22-23-40(46)32-26-28-20-21-29(47-3)36-35(28)39(40,37(30)50-36)24-25-41(32)2;3-2(4,5)1(6)7/h20-22,31-32,37,46H,4-19,23-27H2,1-3H3,(H,42,43);(H,6,7)/t31-,32+,37-,39-,40+;/m0./s1. The molecule has 2 heterocycles. The summed E-state index contributed by atoms with van der Waals surface area (Å²) in [7, 11) is 3.58. The minimum Gasteiger partial charge on any atom is -0.493 e. The van der Waals surface area contributed by atoms with Crippen LogP contribution in [0.3, 0.4) is 0 Å². The highest BCUT2D eigenvalue weighted by Crippen LogP contribution is 2.65. The summed E-state index contributed by atoms with van der Waals surface area (Å²) >= 11 is 0. The number of aliphatic carboxylic acids is 2. The molecule has 1 saturated heterocycles. The number of methoxy groups -OCH3 is 1. The van der Waals surface area contributed by atoms with Crippen LogP contribution in [0.15, 0.2) is 24.0 Å². The summed E-state index contributed by atoms with van der Waals surface area (Å²) in [5, 5.41) is 29.1. The molecule has 1 aromatic carbocycles. The molecule has 4 aliphatic rings. The fraction of sp³-hybridized carbons (Fsp3) is 0.714. The van der Waals surface area contributed by atoms with Gasteiger partial charge in [-0.2, -0.15) is 13.2 Å². The minimum absolute atomic E-state index is 0.110. The highest BCUT2D eigenvalue weighted by atomic mass is 19.4. The number of benzene rings is 1. The Morgan fingerprint density at radius 1 is 0.930 bits per heavy atom.